The van der Waals surface area contributed by atoms with E-state index >= 15 is 0 Å². The van der Waals surface area contributed by atoms with Gasteiger partial charge in [0.15, 0.2) is 0 Å². The Morgan fingerprint density at radius 1 is 0.750 bits per heavy atom. The molecule has 0 aliphatic carbocycles. The predicted octanol–water partition coefficient (Wildman–Crippen LogP) is 3.11. The van der Waals surface area contributed by atoms with Crippen LogP contribution in [0.3, 0.4) is 0 Å². The van der Waals surface area contributed by atoms with Crippen LogP contribution in [0.4, 0.5) is 0 Å². The molecule has 2 rings (SSSR count). The molecule has 0 aliphatic heterocycles. The molecule has 5 nitrogen and oxygen atoms in total. The van der Waals surface area contributed by atoms with Gasteiger partial charge in [0.05, 0.1) is 9.79 Å². The largest absolute Gasteiger partial charge is 0.256 e. The van der Waals surface area contributed by atoms with Crippen molar-refractivity contribution in [1.29, 1.82) is 0 Å². The molecule has 0 spiro atoms. The van der Waals surface area contributed by atoms with Crippen LogP contribution in [0.25, 0.3) is 0 Å². The van der Waals surface area contributed by atoms with Gasteiger partial charge < -0.3 is 0 Å². The summed E-state index contributed by atoms with van der Waals surface area (Å²) < 4.78 is 52.3. The lowest BCUT2D eigenvalue weighted by Gasteiger charge is -2.23. The van der Waals surface area contributed by atoms with E-state index in [0.29, 0.717) is 10.1 Å². The summed E-state index contributed by atoms with van der Waals surface area (Å²) in [7, 11) is -8.31. The average molecular weight is 367 g/mol. The first kappa shape index (κ1) is 18.6. The number of benzene rings is 2. The number of nitrogens with zero attached hydrogens (tertiary/aromatic N) is 1. The van der Waals surface area contributed by atoms with Crippen molar-refractivity contribution in [2.45, 2.75) is 30.1 Å². The van der Waals surface area contributed by atoms with Crippen molar-refractivity contribution in [3.8, 4) is 0 Å². The average Bonchev–Trinajstić information content (AvgIpc) is 2.56. The van der Waals surface area contributed by atoms with Crippen molar-refractivity contribution >= 4 is 20.0 Å². The van der Waals surface area contributed by atoms with Gasteiger partial charge in [-0.25, -0.2) is 16.8 Å². The molecule has 130 valence electrons. The molecule has 0 saturated heterocycles. The second-order valence-corrected chi connectivity index (χ2v) is 9.77. The molecular formula is C17H21NO4S2. The van der Waals surface area contributed by atoms with Crippen LogP contribution in [0.15, 0.2) is 70.5 Å². The molecule has 0 aromatic heterocycles. The number of hydrogen-bond acceptors (Lipinski definition) is 4. The van der Waals surface area contributed by atoms with Gasteiger partial charge in [-0.15, -0.1) is 0 Å². The highest BCUT2D eigenvalue weighted by atomic mass is 32.3. The molecule has 0 saturated carbocycles. The molecule has 0 atom stereocenters. The molecule has 0 radical (unpaired) electrons. The van der Waals surface area contributed by atoms with Crippen LogP contribution in [0.5, 0.6) is 0 Å². The smallest absolute Gasteiger partial charge is 0.206 e. The molecule has 0 heterocycles. The normalized spacial score (nSPS) is 12.7. The Hall–Kier alpha value is -1.70. The third kappa shape index (κ3) is 4.03. The van der Waals surface area contributed by atoms with Crippen LogP contribution in [0, 0.1) is 5.92 Å². The van der Waals surface area contributed by atoms with E-state index < -0.39 is 20.0 Å². The molecule has 0 unspecified atom stereocenters. The standard InChI is InChI=1S/C17H21NO4S2/c1-15(2)13-14-18(23(19,20)16-9-5-3-6-10-16)24(21,22)17-11-7-4-8-12-17/h3-12,15H,13-14H2,1-2H3. The molecule has 0 aliphatic rings. The highest BCUT2D eigenvalue weighted by Gasteiger charge is 2.36. The van der Waals surface area contributed by atoms with Gasteiger partial charge in [-0.05, 0) is 36.6 Å². The fourth-order valence-electron chi connectivity index (χ4n) is 2.15. The fourth-order valence-corrected chi connectivity index (χ4v) is 5.87. The summed E-state index contributed by atoms with van der Waals surface area (Å²) in [6, 6.07) is 15.3. The summed E-state index contributed by atoms with van der Waals surface area (Å²) >= 11 is 0. The van der Waals surface area contributed by atoms with Gasteiger partial charge >= 0.3 is 0 Å². The number of rotatable bonds is 7. The lowest BCUT2D eigenvalue weighted by atomic mass is 10.1. The Labute approximate surface area is 144 Å². The third-order valence-corrected chi connectivity index (χ3v) is 7.86. The molecule has 2 aromatic rings. The van der Waals surface area contributed by atoms with Crippen molar-refractivity contribution in [2.24, 2.45) is 5.92 Å². The lowest BCUT2D eigenvalue weighted by molar-refractivity contribution is 0.462. The Kier molecular flexibility index (Phi) is 5.79. The molecule has 2 aromatic carbocycles. The minimum Gasteiger partial charge on any atom is -0.206 e. The Balaban J connectivity index is 2.53. The molecule has 0 fully saturated rings. The van der Waals surface area contributed by atoms with E-state index in [2.05, 4.69) is 0 Å². The quantitative estimate of drug-likeness (QED) is 0.754. The summed E-state index contributed by atoms with van der Waals surface area (Å²) in [5.41, 5.74) is 0. The van der Waals surface area contributed by atoms with Gasteiger partial charge in [0, 0.05) is 6.54 Å². The highest BCUT2D eigenvalue weighted by molar-refractivity contribution is 8.04. The maximum Gasteiger partial charge on any atom is 0.256 e. The van der Waals surface area contributed by atoms with Crippen LogP contribution in [-0.2, 0) is 20.0 Å². The van der Waals surface area contributed by atoms with Gasteiger partial charge in [-0.2, -0.15) is 0 Å². The molecule has 7 heteroatoms. The maximum atomic E-state index is 12.9. The van der Waals surface area contributed by atoms with E-state index in [1.54, 1.807) is 36.4 Å². The van der Waals surface area contributed by atoms with Crippen molar-refractivity contribution < 1.29 is 16.8 Å². The van der Waals surface area contributed by atoms with Crippen molar-refractivity contribution in [2.75, 3.05) is 6.54 Å². The van der Waals surface area contributed by atoms with E-state index in [1.807, 2.05) is 13.8 Å². The van der Waals surface area contributed by atoms with E-state index in [0.717, 1.165) is 0 Å². The number of hydrogen-bond donors (Lipinski definition) is 0. The second-order valence-electron chi connectivity index (χ2n) is 5.82. The number of sulfonamides is 2. The SMILES string of the molecule is CC(C)CCN(S(=O)(=O)c1ccccc1)S(=O)(=O)c1ccccc1. The topological polar surface area (TPSA) is 71.5 Å². The Morgan fingerprint density at radius 3 is 1.46 bits per heavy atom. The first-order valence-corrected chi connectivity index (χ1v) is 10.5. The molecule has 0 amide bonds. The second kappa shape index (κ2) is 7.46. The van der Waals surface area contributed by atoms with Crippen LogP contribution in [0.1, 0.15) is 20.3 Å². The van der Waals surface area contributed by atoms with Crippen LogP contribution >= 0.6 is 0 Å². The van der Waals surface area contributed by atoms with Gasteiger partial charge in [-0.1, -0.05) is 54.0 Å². The first-order valence-electron chi connectivity index (χ1n) is 7.64. The zero-order chi connectivity index (χ0) is 17.8. The summed E-state index contributed by atoms with van der Waals surface area (Å²) in [6.07, 6.45) is 0.443. The van der Waals surface area contributed by atoms with Crippen LogP contribution in [-0.4, -0.2) is 27.1 Å². The van der Waals surface area contributed by atoms with Gasteiger partial charge in [-0.3, -0.25) is 0 Å². The van der Waals surface area contributed by atoms with Crippen molar-refractivity contribution in [3.63, 3.8) is 0 Å². The molecule has 24 heavy (non-hydrogen) atoms. The minimum atomic E-state index is -4.16. The van der Waals surface area contributed by atoms with E-state index in [9.17, 15) is 16.8 Å². The van der Waals surface area contributed by atoms with E-state index in [1.165, 1.54) is 24.3 Å². The van der Waals surface area contributed by atoms with Gasteiger partial charge in [0.25, 0.3) is 20.0 Å². The summed E-state index contributed by atoms with van der Waals surface area (Å²) in [5.74, 6) is 0.171. The summed E-state index contributed by atoms with van der Waals surface area (Å²) in [5, 5.41) is 0. The molecule has 0 bridgehead atoms. The van der Waals surface area contributed by atoms with E-state index in [4.69, 9.17) is 0 Å². The summed E-state index contributed by atoms with van der Waals surface area (Å²) in [4.78, 5) is -0.0680. The Morgan fingerprint density at radius 2 is 1.12 bits per heavy atom. The van der Waals surface area contributed by atoms with Gasteiger partial charge in [0.1, 0.15) is 0 Å². The first-order chi connectivity index (χ1) is 11.3. The fraction of sp³-hybridized carbons (Fsp3) is 0.294. The minimum absolute atomic E-state index is 0.0340. The zero-order valence-corrected chi connectivity index (χ0v) is 15.3. The summed E-state index contributed by atoms with van der Waals surface area (Å²) in [6.45, 7) is 3.75. The Bertz CT molecular complexity index is 792. The zero-order valence-electron chi connectivity index (χ0n) is 13.7. The predicted molar refractivity (Wildman–Crippen MR) is 93.4 cm³/mol. The van der Waals surface area contributed by atoms with Crippen LogP contribution in [0.2, 0.25) is 0 Å². The monoisotopic (exact) mass is 367 g/mol. The van der Waals surface area contributed by atoms with E-state index in [-0.39, 0.29) is 22.3 Å². The highest BCUT2D eigenvalue weighted by Crippen LogP contribution is 2.25. The third-order valence-electron chi connectivity index (χ3n) is 3.51. The lowest BCUT2D eigenvalue weighted by Crippen LogP contribution is -2.38. The molecular weight excluding hydrogens is 346 g/mol. The van der Waals surface area contributed by atoms with Crippen LogP contribution < -0.4 is 0 Å². The molecule has 0 N–H and O–H groups in total. The van der Waals surface area contributed by atoms with Crippen molar-refractivity contribution in [1.82, 2.24) is 3.71 Å². The maximum absolute atomic E-state index is 12.9. The van der Waals surface area contributed by atoms with Gasteiger partial charge in [0.2, 0.25) is 0 Å². The van der Waals surface area contributed by atoms with Crippen molar-refractivity contribution in [3.05, 3.63) is 60.7 Å².